The maximum absolute atomic E-state index is 14.4. The first-order chi connectivity index (χ1) is 10.5. The number of fused-ring (bicyclic) bond motifs is 3. The molecule has 0 saturated heterocycles. The van der Waals surface area contributed by atoms with Gasteiger partial charge in [0.05, 0.1) is 11.7 Å². The number of imidazole rings is 1. The summed E-state index contributed by atoms with van der Waals surface area (Å²) in [6.07, 6.45) is 2.78. The van der Waals surface area contributed by atoms with Crippen LogP contribution in [0.2, 0.25) is 0 Å². The van der Waals surface area contributed by atoms with Crippen LogP contribution in [0.15, 0.2) is 18.3 Å². The summed E-state index contributed by atoms with van der Waals surface area (Å²) in [7, 11) is 0. The normalized spacial score (nSPS) is 17.1. The highest BCUT2D eigenvalue weighted by Crippen LogP contribution is 2.34. The number of nitrogens with zero attached hydrogens (tertiary/aromatic N) is 4. The topological polar surface area (TPSA) is 69.6 Å². The third-order valence-corrected chi connectivity index (χ3v) is 4.08. The third kappa shape index (κ3) is 1.78. The number of hydrogen-bond donors (Lipinski definition) is 1. The van der Waals surface area contributed by atoms with E-state index in [0.717, 1.165) is 24.9 Å². The number of benzene rings is 1. The van der Waals surface area contributed by atoms with Crippen molar-refractivity contribution < 1.29 is 8.78 Å². The zero-order valence-electron chi connectivity index (χ0n) is 11.8. The van der Waals surface area contributed by atoms with Crippen molar-refractivity contribution >= 4 is 17.0 Å². The smallest absolute Gasteiger partial charge is 0.220 e. The van der Waals surface area contributed by atoms with Gasteiger partial charge < -0.3 is 10.3 Å². The molecule has 1 aliphatic heterocycles. The van der Waals surface area contributed by atoms with Gasteiger partial charge in [-0.2, -0.15) is 0 Å². The Balaban J connectivity index is 2.00. The molecule has 1 aromatic carbocycles. The molecule has 2 aromatic heterocycles. The van der Waals surface area contributed by atoms with E-state index < -0.39 is 11.6 Å². The standard InChI is InChI=1S/C15H13F2N5/c1-7-2-3-12-20-14-9(16)4-8(5-11(14)22(7)12)13-10(17)6-19-15(18)21-13/h4-7H,2-3H2,1H3,(H2,18,19,21). The first kappa shape index (κ1) is 13.1. The minimum Gasteiger partial charge on any atom is -0.368 e. The number of hydrogen-bond acceptors (Lipinski definition) is 4. The largest absolute Gasteiger partial charge is 0.368 e. The van der Waals surface area contributed by atoms with E-state index in [1.54, 1.807) is 6.07 Å². The molecule has 112 valence electrons. The Labute approximate surface area is 124 Å². The van der Waals surface area contributed by atoms with E-state index in [4.69, 9.17) is 5.73 Å². The quantitative estimate of drug-likeness (QED) is 0.750. The number of rotatable bonds is 1. The van der Waals surface area contributed by atoms with E-state index in [1.165, 1.54) is 6.07 Å². The molecule has 22 heavy (non-hydrogen) atoms. The summed E-state index contributed by atoms with van der Waals surface area (Å²) < 4.78 is 30.3. The number of nitrogens with two attached hydrogens (primary N) is 1. The average molecular weight is 301 g/mol. The van der Waals surface area contributed by atoms with Crippen molar-refractivity contribution in [2.45, 2.75) is 25.8 Å². The van der Waals surface area contributed by atoms with Crippen molar-refractivity contribution in [1.29, 1.82) is 0 Å². The van der Waals surface area contributed by atoms with Gasteiger partial charge in [-0.3, -0.25) is 0 Å². The molecular formula is C15H13F2N5. The molecule has 2 N–H and O–H groups in total. The average Bonchev–Trinajstić information content (AvgIpc) is 3.02. The Morgan fingerprint density at radius 2 is 2.05 bits per heavy atom. The third-order valence-electron chi connectivity index (χ3n) is 4.08. The van der Waals surface area contributed by atoms with Gasteiger partial charge >= 0.3 is 0 Å². The maximum atomic E-state index is 14.4. The van der Waals surface area contributed by atoms with Crippen molar-refractivity contribution in [2.24, 2.45) is 0 Å². The molecule has 1 unspecified atom stereocenters. The summed E-state index contributed by atoms with van der Waals surface area (Å²) in [5.41, 5.74) is 6.81. The van der Waals surface area contributed by atoms with Crippen molar-refractivity contribution in [2.75, 3.05) is 5.73 Å². The molecule has 7 heteroatoms. The molecule has 0 bridgehead atoms. The summed E-state index contributed by atoms with van der Waals surface area (Å²) >= 11 is 0. The van der Waals surface area contributed by atoms with E-state index in [1.807, 2.05) is 4.57 Å². The van der Waals surface area contributed by atoms with E-state index in [9.17, 15) is 8.78 Å². The second kappa shape index (κ2) is 4.46. The van der Waals surface area contributed by atoms with Gasteiger partial charge in [0, 0.05) is 18.0 Å². The van der Waals surface area contributed by atoms with Gasteiger partial charge in [0.2, 0.25) is 5.95 Å². The zero-order chi connectivity index (χ0) is 15.4. The molecule has 5 nitrogen and oxygen atoms in total. The van der Waals surface area contributed by atoms with Crippen LogP contribution in [0.5, 0.6) is 0 Å². The van der Waals surface area contributed by atoms with E-state index in [-0.39, 0.29) is 17.7 Å². The van der Waals surface area contributed by atoms with Crippen LogP contribution in [0.25, 0.3) is 22.3 Å². The second-order valence-electron chi connectivity index (χ2n) is 5.54. The van der Waals surface area contributed by atoms with Gasteiger partial charge in [-0.15, -0.1) is 0 Å². The van der Waals surface area contributed by atoms with Gasteiger partial charge in [0.1, 0.15) is 17.0 Å². The van der Waals surface area contributed by atoms with Gasteiger partial charge in [0.25, 0.3) is 0 Å². The van der Waals surface area contributed by atoms with Crippen LogP contribution in [-0.4, -0.2) is 19.5 Å². The van der Waals surface area contributed by atoms with Crippen LogP contribution in [-0.2, 0) is 6.42 Å². The molecule has 1 atom stereocenters. The van der Waals surface area contributed by atoms with Gasteiger partial charge in [-0.25, -0.2) is 23.7 Å². The van der Waals surface area contributed by atoms with E-state index in [2.05, 4.69) is 21.9 Å². The second-order valence-corrected chi connectivity index (χ2v) is 5.54. The molecule has 0 fully saturated rings. The Bertz CT molecular complexity index is 903. The number of aromatic nitrogens is 4. The van der Waals surface area contributed by atoms with Crippen LogP contribution in [0.4, 0.5) is 14.7 Å². The lowest BCUT2D eigenvalue weighted by Gasteiger charge is -2.09. The summed E-state index contributed by atoms with van der Waals surface area (Å²) in [6, 6.07) is 3.19. The summed E-state index contributed by atoms with van der Waals surface area (Å²) in [5, 5.41) is 0. The summed E-state index contributed by atoms with van der Waals surface area (Å²) in [5.74, 6) is -0.314. The number of aryl methyl sites for hydroxylation is 1. The Kier molecular flexibility index (Phi) is 2.66. The van der Waals surface area contributed by atoms with Crippen LogP contribution < -0.4 is 5.73 Å². The summed E-state index contributed by atoms with van der Waals surface area (Å²) in [6.45, 7) is 2.06. The molecule has 3 aromatic rings. The van der Waals surface area contributed by atoms with E-state index >= 15 is 0 Å². The SMILES string of the molecule is CC1CCc2nc3c(F)cc(-c4nc(N)ncc4F)cc3n21. The van der Waals surface area contributed by atoms with Crippen LogP contribution in [0.1, 0.15) is 25.2 Å². The fourth-order valence-electron chi connectivity index (χ4n) is 3.06. The monoisotopic (exact) mass is 301 g/mol. The molecule has 0 saturated carbocycles. The molecule has 0 amide bonds. The van der Waals surface area contributed by atoms with Crippen molar-refractivity contribution in [3.63, 3.8) is 0 Å². The molecular weight excluding hydrogens is 288 g/mol. The van der Waals surface area contributed by atoms with Crippen LogP contribution in [0, 0.1) is 11.6 Å². The predicted octanol–water partition coefficient (Wildman–Crippen LogP) is 2.86. The molecule has 0 radical (unpaired) electrons. The molecule has 3 heterocycles. The highest BCUT2D eigenvalue weighted by molar-refractivity contribution is 5.83. The Morgan fingerprint density at radius 1 is 1.23 bits per heavy atom. The minimum atomic E-state index is -0.637. The lowest BCUT2D eigenvalue weighted by atomic mass is 10.1. The van der Waals surface area contributed by atoms with Crippen molar-refractivity contribution in [1.82, 2.24) is 19.5 Å². The first-order valence-electron chi connectivity index (χ1n) is 7.03. The highest BCUT2D eigenvalue weighted by Gasteiger charge is 2.25. The summed E-state index contributed by atoms with van der Waals surface area (Å²) in [4.78, 5) is 11.8. The Morgan fingerprint density at radius 3 is 2.86 bits per heavy atom. The number of halogens is 2. The van der Waals surface area contributed by atoms with Gasteiger partial charge in [-0.1, -0.05) is 0 Å². The molecule has 0 aliphatic carbocycles. The van der Waals surface area contributed by atoms with Crippen molar-refractivity contribution in [3.8, 4) is 11.3 Å². The fourth-order valence-corrected chi connectivity index (χ4v) is 3.06. The number of nitrogen functional groups attached to an aromatic ring is 1. The fraction of sp³-hybridized carbons (Fsp3) is 0.267. The molecule has 0 spiro atoms. The lowest BCUT2D eigenvalue weighted by Crippen LogP contribution is -2.01. The number of anilines is 1. The Hall–Kier alpha value is -2.57. The van der Waals surface area contributed by atoms with Gasteiger partial charge in [-0.05, 0) is 25.5 Å². The molecule has 1 aliphatic rings. The van der Waals surface area contributed by atoms with Crippen LogP contribution in [0.3, 0.4) is 0 Å². The predicted molar refractivity (Wildman–Crippen MR) is 78.1 cm³/mol. The zero-order valence-corrected chi connectivity index (χ0v) is 11.8. The van der Waals surface area contributed by atoms with Gasteiger partial charge in [0.15, 0.2) is 11.6 Å². The highest BCUT2D eigenvalue weighted by atomic mass is 19.1. The van der Waals surface area contributed by atoms with Crippen LogP contribution >= 0.6 is 0 Å². The lowest BCUT2D eigenvalue weighted by molar-refractivity contribution is 0.595. The van der Waals surface area contributed by atoms with E-state index in [0.29, 0.717) is 16.6 Å². The first-order valence-corrected chi connectivity index (χ1v) is 7.03. The minimum absolute atomic E-state index is 0.00509. The molecule has 4 rings (SSSR count). The maximum Gasteiger partial charge on any atom is 0.220 e. The van der Waals surface area contributed by atoms with Crippen molar-refractivity contribution in [3.05, 3.63) is 35.8 Å².